The van der Waals surface area contributed by atoms with Gasteiger partial charge in [-0.1, -0.05) is 36.4 Å². The van der Waals surface area contributed by atoms with Crippen LogP contribution in [0.25, 0.3) is 0 Å². The second-order valence-electron chi connectivity index (χ2n) is 8.04. The van der Waals surface area contributed by atoms with Crippen LogP contribution in [0.3, 0.4) is 0 Å². The molecule has 0 aromatic heterocycles. The maximum Gasteiger partial charge on any atom is 0.254 e. The summed E-state index contributed by atoms with van der Waals surface area (Å²) >= 11 is 0. The third kappa shape index (κ3) is 4.44. The molecule has 2 aliphatic rings. The fourth-order valence-electron chi connectivity index (χ4n) is 4.31. The van der Waals surface area contributed by atoms with Crippen LogP contribution in [0.15, 0.2) is 54.6 Å². The number of hydrogen-bond donors (Lipinski definition) is 0. The van der Waals surface area contributed by atoms with Gasteiger partial charge in [0.25, 0.3) is 5.91 Å². The molecule has 1 unspecified atom stereocenters. The second-order valence-corrected chi connectivity index (χ2v) is 10.0. The van der Waals surface area contributed by atoms with Crippen LogP contribution in [0.2, 0.25) is 0 Å². The monoisotopic (exact) mass is 441 g/mol. The van der Waals surface area contributed by atoms with Crippen molar-refractivity contribution in [3.8, 4) is 0 Å². The van der Waals surface area contributed by atoms with Gasteiger partial charge in [-0.3, -0.25) is 13.9 Å². The topological polar surface area (TPSA) is 78.0 Å². The van der Waals surface area contributed by atoms with Gasteiger partial charge in [0, 0.05) is 38.7 Å². The Bertz CT molecular complexity index is 1070. The summed E-state index contributed by atoms with van der Waals surface area (Å²) in [6, 6.07) is 16.3. The fraction of sp³-hybridized carbons (Fsp3) is 0.391. The minimum atomic E-state index is -3.35. The zero-order valence-corrected chi connectivity index (χ0v) is 18.4. The quantitative estimate of drug-likeness (QED) is 0.734. The first-order valence-corrected chi connectivity index (χ1v) is 12.2. The Labute approximate surface area is 183 Å². The number of carbonyl (C=O) groups excluding carboxylic acids is 2. The molecule has 0 spiro atoms. The number of benzene rings is 2. The lowest BCUT2D eigenvalue weighted by Crippen LogP contribution is -2.51. The van der Waals surface area contributed by atoms with Gasteiger partial charge in [0.05, 0.1) is 17.5 Å². The fourth-order valence-corrected chi connectivity index (χ4v) is 5.94. The first-order chi connectivity index (χ1) is 14.9. The van der Waals surface area contributed by atoms with Gasteiger partial charge in [0.15, 0.2) is 0 Å². The summed E-state index contributed by atoms with van der Waals surface area (Å²) < 4.78 is 26.4. The Morgan fingerprint density at radius 2 is 1.71 bits per heavy atom. The molecule has 0 radical (unpaired) electrons. The number of piperazine rings is 1. The molecular formula is C23H27N3O4S. The molecule has 2 aromatic rings. The first kappa shape index (κ1) is 21.4. The molecule has 0 N–H and O–H groups in total. The highest BCUT2D eigenvalue weighted by Crippen LogP contribution is 2.29. The Balaban J connectivity index is 1.64. The van der Waals surface area contributed by atoms with Gasteiger partial charge >= 0.3 is 0 Å². The van der Waals surface area contributed by atoms with Crippen molar-refractivity contribution < 1.29 is 18.0 Å². The molecule has 0 aliphatic carbocycles. The molecule has 4 rings (SSSR count). The number of amides is 2. The SMILES string of the molecule is CC(=O)N1CCN(C(=O)c2cccc(N3CCCCS3(=O)=O)c2)C(c2ccccc2)C1. The van der Waals surface area contributed by atoms with Gasteiger partial charge in [0.1, 0.15) is 0 Å². The smallest absolute Gasteiger partial charge is 0.254 e. The highest BCUT2D eigenvalue weighted by molar-refractivity contribution is 7.92. The first-order valence-electron chi connectivity index (χ1n) is 10.6. The van der Waals surface area contributed by atoms with Gasteiger partial charge in [-0.05, 0) is 36.6 Å². The molecule has 7 nitrogen and oxygen atoms in total. The van der Waals surface area contributed by atoms with Crippen molar-refractivity contribution in [2.75, 3.05) is 36.2 Å². The van der Waals surface area contributed by atoms with Gasteiger partial charge in [-0.15, -0.1) is 0 Å². The predicted molar refractivity (Wildman–Crippen MR) is 119 cm³/mol. The van der Waals surface area contributed by atoms with E-state index in [-0.39, 0.29) is 23.6 Å². The van der Waals surface area contributed by atoms with Crippen molar-refractivity contribution in [1.29, 1.82) is 0 Å². The molecule has 2 aliphatic heterocycles. The lowest BCUT2D eigenvalue weighted by atomic mass is 10.0. The molecule has 0 saturated carbocycles. The average Bonchev–Trinajstić information content (AvgIpc) is 2.78. The summed E-state index contributed by atoms with van der Waals surface area (Å²) in [4.78, 5) is 29.0. The maximum atomic E-state index is 13.5. The van der Waals surface area contributed by atoms with Crippen LogP contribution < -0.4 is 4.31 Å². The Hall–Kier alpha value is -2.87. The minimum absolute atomic E-state index is 0.00895. The third-order valence-corrected chi connectivity index (χ3v) is 7.87. The number of rotatable bonds is 3. The van der Waals surface area contributed by atoms with E-state index >= 15 is 0 Å². The van der Waals surface area contributed by atoms with Crippen molar-refractivity contribution in [1.82, 2.24) is 9.80 Å². The summed E-state index contributed by atoms with van der Waals surface area (Å²) in [6.45, 7) is 3.31. The largest absolute Gasteiger partial charge is 0.339 e. The predicted octanol–water partition coefficient (Wildman–Crippen LogP) is 2.66. The highest BCUT2D eigenvalue weighted by Gasteiger charge is 2.33. The standard InChI is InChI=1S/C23H27N3O4S/c1-18(27)24-13-14-25(22(17-24)19-8-3-2-4-9-19)23(28)20-10-7-11-21(16-20)26-12-5-6-15-31(26,29)30/h2-4,7-11,16,22H,5-6,12-15,17H2,1H3. The Morgan fingerprint density at radius 3 is 2.42 bits per heavy atom. The molecule has 1 atom stereocenters. The number of nitrogens with zero attached hydrogens (tertiary/aromatic N) is 3. The summed E-state index contributed by atoms with van der Waals surface area (Å²) in [5.74, 6) is -0.0347. The molecule has 2 aromatic carbocycles. The Morgan fingerprint density at radius 1 is 0.935 bits per heavy atom. The van der Waals surface area contributed by atoms with E-state index in [0.717, 1.165) is 12.0 Å². The highest BCUT2D eigenvalue weighted by atomic mass is 32.2. The molecule has 2 fully saturated rings. The number of sulfonamides is 1. The van der Waals surface area contributed by atoms with E-state index < -0.39 is 10.0 Å². The lowest BCUT2D eigenvalue weighted by Gasteiger charge is -2.41. The van der Waals surface area contributed by atoms with E-state index in [2.05, 4.69) is 0 Å². The summed E-state index contributed by atoms with van der Waals surface area (Å²) in [7, 11) is -3.35. The summed E-state index contributed by atoms with van der Waals surface area (Å²) in [5.41, 5.74) is 1.95. The molecule has 2 saturated heterocycles. The van der Waals surface area contributed by atoms with Crippen molar-refractivity contribution in [3.05, 3.63) is 65.7 Å². The molecule has 0 bridgehead atoms. The van der Waals surface area contributed by atoms with E-state index in [1.807, 2.05) is 30.3 Å². The summed E-state index contributed by atoms with van der Waals surface area (Å²) in [5, 5.41) is 0. The zero-order valence-electron chi connectivity index (χ0n) is 17.6. The van der Waals surface area contributed by atoms with Crippen molar-refractivity contribution in [3.63, 3.8) is 0 Å². The van der Waals surface area contributed by atoms with Gasteiger partial charge in [-0.2, -0.15) is 0 Å². The molecule has 2 amide bonds. The van der Waals surface area contributed by atoms with E-state index in [9.17, 15) is 18.0 Å². The van der Waals surface area contributed by atoms with Gasteiger partial charge < -0.3 is 9.80 Å². The van der Waals surface area contributed by atoms with Crippen LogP contribution in [0.1, 0.15) is 41.7 Å². The van der Waals surface area contributed by atoms with Crippen LogP contribution in [0.4, 0.5) is 5.69 Å². The van der Waals surface area contributed by atoms with Crippen molar-refractivity contribution in [2.45, 2.75) is 25.8 Å². The Kier molecular flexibility index (Phi) is 6.00. The van der Waals surface area contributed by atoms with E-state index in [1.54, 1.807) is 41.0 Å². The van der Waals surface area contributed by atoms with Crippen LogP contribution in [-0.2, 0) is 14.8 Å². The van der Waals surface area contributed by atoms with E-state index in [1.165, 1.54) is 4.31 Å². The van der Waals surface area contributed by atoms with Crippen LogP contribution in [-0.4, -0.2) is 62.0 Å². The lowest BCUT2D eigenvalue weighted by molar-refractivity contribution is -0.131. The number of hydrogen-bond acceptors (Lipinski definition) is 4. The average molecular weight is 442 g/mol. The number of carbonyl (C=O) groups is 2. The van der Waals surface area contributed by atoms with E-state index in [4.69, 9.17) is 0 Å². The zero-order chi connectivity index (χ0) is 22.0. The van der Waals surface area contributed by atoms with Gasteiger partial charge in [-0.25, -0.2) is 8.42 Å². The van der Waals surface area contributed by atoms with Crippen molar-refractivity contribution >= 4 is 27.5 Å². The molecule has 8 heteroatoms. The minimum Gasteiger partial charge on any atom is -0.339 e. The van der Waals surface area contributed by atoms with Gasteiger partial charge in [0.2, 0.25) is 15.9 Å². The van der Waals surface area contributed by atoms with E-state index in [0.29, 0.717) is 43.9 Å². The molecule has 164 valence electrons. The second kappa shape index (κ2) is 8.70. The molecular weight excluding hydrogens is 414 g/mol. The van der Waals surface area contributed by atoms with Crippen LogP contribution in [0.5, 0.6) is 0 Å². The third-order valence-electron chi connectivity index (χ3n) is 6.00. The molecule has 31 heavy (non-hydrogen) atoms. The van der Waals surface area contributed by atoms with Crippen LogP contribution in [0, 0.1) is 0 Å². The number of anilines is 1. The summed E-state index contributed by atoms with van der Waals surface area (Å²) in [6.07, 6.45) is 1.47. The maximum absolute atomic E-state index is 13.5. The van der Waals surface area contributed by atoms with Crippen LogP contribution >= 0.6 is 0 Å². The molecule has 2 heterocycles. The van der Waals surface area contributed by atoms with Crippen molar-refractivity contribution in [2.24, 2.45) is 0 Å². The normalized spacial score (nSPS) is 21.1.